The number of hydrogen-bond acceptors (Lipinski definition) is 4. The van der Waals surface area contributed by atoms with Crippen LogP contribution in [0.15, 0.2) is 59.8 Å². The number of carbonyl (C=O) groups excluding carboxylic acids is 1. The van der Waals surface area contributed by atoms with Crippen molar-refractivity contribution in [1.29, 1.82) is 5.26 Å². The maximum Gasteiger partial charge on any atom is 0.237 e. The Balaban J connectivity index is 1.60. The molecule has 1 atom stereocenters. The summed E-state index contributed by atoms with van der Waals surface area (Å²) in [5.41, 5.74) is 4.47. The van der Waals surface area contributed by atoms with Crippen LogP contribution in [0.3, 0.4) is 0 Å². The molecule has 6 heteroatoms. The van der Waals surface area contributed by atoms with Crippen LogP contribution in [0.1, 0.15) is 36.7 Å². The van der Waals surface area contributed by atoms with Crippen LogP contribution < -0.4 is 5.32 Å². The number of aromatic nitrogens is 2. The molecule has 0 aliphatic heterocycles. The Morgan fingerprint density at radius 3 is 2.66 bits per heavy atom. The van der Waals surface area contributed by atoms with Gasteiger partial charge in [-0.3, -0.25) is 9.36 Å². The third kappa shape index (κ3) is 4.06. The number of para-hydroxylation sites is 2. The van der Waals surface area contributed by atoms with Gasteiger partial charge in [0.15, 0.2) is 5.16 Å². The van der Waals surface area contributed by atoms with Crippen molar-refractivity contribution in [1.82, 2.24) is 9.55 Å². The molecule has 1 aliphatic rings. The quantitative estimate of drug-likeness (QED) is 0.626. The molecule has 0 saturated carbocycles. The molecule has 3 aromatic rings. The van der Waals surface area contributed by atoms with Gasteiger partial charge in [-0.2, -0.15) is 5.26 Å². The van der Waals surface area contributed by atoms with Gasteiger partial charge in [0.2, 0.25) is 5.91 Å². The highest BCUT2D eigenvalue weighted by atomic mass is 32.2. The number of nitriles is 1. The Bertz CT molecular complexity index is 1070. The molecule has 146 valence electrons. The number of rotatable bonds is 5. The second kappa shape index (κ2) is 8.54. The van der Waals surface area contributed by atoms with E-state index in [1.54, 1.807) is 18.2 Å². The number of imidazole rings is 1. The molecule has 1 heterocycles. The van der Waals surface area contributed by atoms with Crippen molar-refractivity contribution in [3.63, 3.8) is 0 Å². The predicted octanol–water partition coefficient (Wildman–Crippen LogP) is 4.74. The van der Waals surface area contributed by atoms with E-state index >= 15 is 0 Å². The average Bonchev–Trinajstić information content (AvgIpc) is 3.12. The normalized spacial score (nSPS) is 13.9. The van der Waals surface area contributed by atoms with Gasteiger partial charge in [0.05, 0.1) is 22.2 Å². The number of carbonyl (C=O) groups is 1. The van der Waals surface area contributed by atoms with Crippen LogP contribution in [0.4, 0.5) is 5.69 Å². The fourth-order valence-electron chi connectivity index (χ4n) is 3.57. The van der Waals surface area contributed by atoms with Crippen LogP contribution in [0, 0.1) is 11.3 Å². The van der Waals surface area contributed by atoms with E-state index in [4.69, 9.17) is 4.98 Å². The number of aryl methyl sites for hydroxylation is 1. The van der Waals surface area contributed by atoms with Gasteiger partial charge in [-0.15, -0.1) is 0 Å². The van der Waals surface area contributed by atoms with E-state index in [9.17, 15) is 10.1 Å². The second-order valence-corrected chi connectivity index (χ2v) is 8.38. The van der Waals surface area contributed by atoms with Gasteiger partial charge in [-0.05, 0) is 56.9 Å². The topological polar surface area (TPSA) is 70.7 Å². The Kier molecular flexibility index (Phi) is 5.68. The van der Waals surface area contributed by atoms with Gasteiger partial charge in [0, 0.05) is 11.4 Å². The van der Waals surface area contributed by atoms with Crippen LogP contribution >= 0.6 is 11.8 Å². The lowest BCUT2D eigenvalue weighted by Crippen LogP contribution is -2.23. The molecule has 0 spiro atoms. The highest BCUT2D eigenvalue weighted by Gasteiger charge is 2.25. The smallest absolute Gasteiger partial charge is 0.237 e. The average molecular weight is 403 g/mol. The lowest BCUT2D eigenvalue weighted by molar-refractivity contribution is -0.115. The van der Waals surface area contributed by atoms with Crippen LogP contribution in [0.2, 0.25) is 0 Å². The summed E-state index contributed by atoms with van der Waals surface area (Å²) in [6, 6.07) is 19.4. The summed E-state index contributed by atoms with van der Waals surface area (Å²) in [6.07, 6.45) is 4.31. The minimum absolute atomic E-state index is 0.140. The third-order valence-electron chi connectivity index (χ3n) is 5.07. The molecule has 2 aromatic carbocycles. The van der Waals surface area contributed by atoms with E-state index in [1.165, 1.54) is 17.5 Å². The first-order valence-corrected chi connectivity index (χ1v) is 10.7. The van der Waals surface area contributed by atoms with Gasteiger partial charge in [-0.25, -0.2) is 4.98 Å². The monoisotopic (exact) mass is 402 g/mol. The van der Waals surface area contributed by atoms with Crippen molar-refractivity contribution < 1.29 is 4.79 Å². The van der Waals surface area contributed by atoms with Crippen LogP contribution in [-0.4, -0.2) is 20.7 Å². The fraction of sp³-hybridized carbons (Fsp3) is 0.261. The zero-order valence-corrected chi connectivity index (χ0v) is 17.1. The molecule has 0 saturated heterocycles. The summed E-state index contributed by atoms with van der Waals surface area (Å²) >= 11 is 1.46. The zero-order chi connectivity index (χ0) is 20.2. The van der Waals surface area contributed by atoms with E-state index in [0.717, 1.165) is 42.2 Å². The summed E-state index contributed by atoms with van der Waals surface area (Å²) in [4.78, 5) is 17.7. The zero-order valence-electron chi connectivity index (χ0n) is 16.3. The van der Waals surface area contributed by atoms with Gasteiger partial charge in [-0.1, -0.05) is 42.1 Å². The standard InChI is InChI=1S/C23H22N4OS/c1-16(22(28)25-19-12-6-5-9-17(19)15-24)29-23-26-20-13-7-8-14-21(20)27(23)18-10-3-2-4-11-18/h2-6,9-12,16H,7-8,13-14H2,1H3,(H,25,28)/t16-/m0/s1. The van der Waals surface area contributed by atoms with E-state index < -0.39 is 0 Å². The number of amides is 1. The van der Waals surface area contributed by atoms with Crippen molar-refractivity contribution in [3.8, 4) is 11.8 Å². The summed E-state index contributed by atoms with van der Waals surface area (Å²) in [6.45, 7) is 1.87. The van der Waals surface area contributed by atoms with Crippen LogP contribution in [0.5, 0.6) is 0 Å². The minimum Gasteiger partial charge on any atom is -0.324 e. The molecule has 1 aromatic heterocycles. The number of fused-ring (bicyclic) bond motifs is 1. The lowest BCUT2D eigenvalue weighted by Gasteiger charge is -2.16. The molecule has 5 nitrogen and oxygen atoms in total. The molecule has 0 bridgehead atoms. The predicted molar refractivity (Wildman–Crippen MR) is 115 cm³/mol. The number of thioether (sulfide) groups is 1. The van der Waals surface area contributed by atoms with E-state index in [0.29, 0.717) is 11.3 Å². The Hall–Kier alpha value is -3.04. The van der Waals surface area contributed by atoms with E-state index in [-0.39, 0.29) is 11.2 Å². The third-order valence-corrected chi connectivity index (χ3v) is 6.13. The summed E-state index contributed by atoms with van der Waals surface area (Å²) in [7, 11) is 0. The SMILES string of the molecule is C[C@H](Sc1nc2c(n1-c1ccccc1)CCCC2)C(=O)Nc1ccccc1C#N. The van der Waals surface area contributed by atoms with Gasteiger partial charge in [0.1, 0.15) is 6.07 Å². The molecule has 0 fully saturated rings. The molecule has 1 N–H and O–H groups in total. The molecule has 1 amide bonds. The summed E-state index contributed by atoms with van der Waals surface area (Å²) in [5.74, 6) is -0.140. The number of hydrogen-bond donors (Lipinski definition) is 1. The number of anilines is 1. The number of nitrogens with one attached hydrogen (secondary N) is 1. The number of benzene rings is 2. The molecular weight excluding hydrogens is 380 g/mol. The van der Waals surface area contributed by atoms with Crippen molar-refractivity contribution >= 4 is 23.4 Å². The van der Waals surface area contributed by atoms with Crippen molar-refractivity contribution in [2.24, 2.45) is 0 Å². The van der Waals surface area contributed by atoms with Crippen molar-refractivity contribution in [3.05, 3.63) is 71.5 Å². The highest BCUT2D eigenvalue weighted by molar-refractivity contribution is 8.00. The molecular formula is C23H22N4OS. The molecule has 4 rings (SSSR count). The molecule has 29 heavy (non-hydrogen) atoms. The lowest BCUT2D eigenvalue weighted by atomic mass is 10.0. The number of nitrogens with zero attached hydrogens (tertiary/aromatic N) is 3. The van der Waals surface area contributed by atoms with E-state index in [2.05, 4.69) is 28.1 Å². The van der Waals surface area contributed by atoms with Gasteiger partial charge < -0.3 is 5.32 Å². The molecule has 0 unspecified atom stereocenters. The van der Waals surface area contributed by atoms with Gasteiger partial charge in [0.25, 0.3) is 0 Å². The van der Waals surface area contributed by atoms with Crippen LogP contribution in [0.25, 0.3) is 5.69 Å². The minimum atomic E-state index is -0.354. The first kappa shape index (κ1) is 19.3. The second-order valence-electron chi connectivity index (χ2n) is 7.07. The van der Waals surface area contributed by atoms with Gasteiger partial charge >= 0.3 is 0 Å². The first-order valence-electron chi connectivity index (χ1n) is 9.80. The van der Waals surface area contributed by atoms with Crippen molar-refractivity contribution in [2.45, 2.75) is 43.0 Å². The highest BCUT2D eigenvalue weighted by Crippen LogP contribution is 2.32. The Morgan fingerprint density at radius 2 is 1.86 bits per heavy atom. The summed E-state index contributed by atoms with van der Waals surface area (Å²) < 4.78 is 2.20. The maximum absolute atomic E-state index is 12.8. The molecule has 0 radical (unpaired) electrons. The van der Waals surface area contributed by atoms with Crippen molar-refractivity contribution in [2.75, 3.05) is 5.32 Å². The maximum atomic E-state index is 12.8. The Morgan fingerprint density at radius 1 is 1.14 bits per heavy atom. The summed E-state index contributed by atoms with van der Waals surface area (Å²) in [5, 5.41) is 12.6. The fourth-order valence-corrected chi connectivity index (χ4v) is 4.54. The first-order chi connectivity index (χ1) is 14.2. The largest absolute Gasteiger partial charge is 0.324 e. The molecule has 1 aliphatic carbocycles. The van der Waals surface area contributed by atoms with E-state index in [1.807, 2.05) is 31.2 Å². The van der Waals surface area contributed by atoms with Crippen LogP contribution in [-0.2, 0) is 17.6 Å². The Labute approximate surface area is 174 Å².